The zero-order chi connectivity index (χ0) is 21.8. The molecule has 1 N–H and O–H groups in total. The van der Waals surface area contributed by atoms with Crippen molar-refractivity contribution in [2.45, 2.75) is 90.2 Å². The Kier molecular flexibility index (Phi) is 5.28. The second-order valence-corrected chi connectivity index (χ2v) is 11.7. The van der Waals surface area contributed by atoms with Gasteiger partial charge < -0.3 is 5.11 Å². The van der Waals surface area contributed by atoms with E-state index in [1.165, 1.54) is 38.5 Å². The zero-order valence-electron chi connectivity index (χ0n) is 19.1. The number of carbonyl (C=O) groups excluding carboxylic acids is 1. The molecule has 168 valence electrons. The van der Waals surface area contributed by atoms with Crippen molar-refractivity contribution in [3.05, 3.63) is 23.8 Å². The summed E-state index contributed by atoms with van der Waals surface area (Å²) < 4.78 is 1.66. The summed E-state index contributed by atoms with van der Waals surface area (Å²) in [4.78, 5) is 16.8. The number of carbonyl (C=O) groups is 1. The van der Waals surface area contributed by atoms with Crippen LogP contribution in [0.15, 0.2) is 12.4 Å². The van der Waals surface area contributed by atoms with Crippen molar-refractivity contribution in [2.75, 3.05) is 0 Å². The smallest absolute Gasteiger partial charge is 0.224 e. The third-order valence-corrected chi connectivity index (χ3v) is 9.93. The lowest BCUT2D eigenvalue weighted by Crippen LogP contribution is -2.55. The second kappa shape index (κ2) is 7.73. The molecule has 4 fully saturated rings. The monoisotopic (exact) mass is 423 g/mol. The molecule has 0 amide bonds. The zero-order valence-corrected chi connectivity index (χ0v) is 19.1. The highest BCUT2D eigenvalue weighted by molar-refractivity contribution is 5.81. The molecule has 0 aromatic carbocycles. The molecule has 5 rings (SSSR count). The van der Waals surface area contributed by atoms with Crippen molar-refractivity contribution in [3.63, 3.8) is 0 Å². The van der Waals surface area contributed by atoms with E-state index >= 15 is 0 Å². The highest BCUT2D eigenvalue weighted by Crippen LogP contribution is 2.63. The molecule has 1 aromatic heterocycles. The van der Waals surface area contributed by atoms with Gasteiger partial charge in [0.1, 0.15) is 0 Å². The number of hydrogen-bond acceptors (Lipinski definition) is 3. The van der Waals surface area contributed by atoms with E-state index in [2.05, 4.69) is 16.9 Å². The van der Waals surface area contributed by atoms with Crippen molar-refractivity contribution in [1.82, 2.24) is 9.78 Å². The van der Waals surface area contributed by atoms with Gasteiger partial charge in [-0.3, -0.25) is 9.48 Å². The van der Waals surface area contributed by atoms with Crippen LogP contribution < -0.4 is 0 Å². The summed E-state index contributed by atoms with van der Waals surface area (Å²) in [6.45, 7) is 11.9. The summed E-state index contributed by atoms with van der Waals surface area (Å²) in [5.74, 6) is 4.15. The van der Waals surface area contributed by atoms with E-state index in [1.54, 1.807) is 17.1 Å². The molecule has 0 unspecified atom stereocenters. The number of aromatic nitrogens is 2. The quantitative estimate of drug-likeness (QED) is 0.661. The maximum absolute atomic E-state index is 13.4. The number of Topliss-reactive ketones (excluding diaryl/α,β-unsaturated/α-hetero) is 1. The molecule has 0 spiro atoms. The van der Waals surface area contributed by atoms with Crippen molar-refractivity contribution in [1.29, 1.82) is 0 Å². The molecule has 0 radical (unpaired) electrons. The third-order valence-electron chi connectivity index (χ3n) is 9.93. The molecule has 1 aromatic rings. The Morgan fingerprint density at radius 3 is 2.74 bits per heavy atom. The Morgan fingerprint density at radius 1 is 1.16 bits per heavy atom. The Morgan fingerprint density at radius 2 is 1.97 bits per heavy atom. The molecular formula is C26H37N3O2. The minimum absolute atomic E-state index is 0.110. The van der Waals surface area contributed by atoms with E-state index < -0.39 is 5.60 Å². The molecule has 4 saturated carbocycles. The maximum Gasteiger partial charge on any atom is 0.224 e. The van der Waals surface area contributed by atoms with Crippen LogP contribution in [0.3, 0.4) is 0 Å². The average Bonchev–Trinajstić information content (AvgIpc) is 3.19. The first-order valence-electron chi connectivity index (χ1n) is 12.5. The van der Waals surface area contributed by atoms with E-state index in [4.69, 9.17) is 6.57 Å². The van der Waals surface area contributed by atoms with E-state index in [9.17, 15) is 9.90 Å². The largest absolute Gasteiger partial charge is 0.390 e. The lowest BCUT2D eigenvalue weighted by molar-refractivity contribution is -0.148. The molecule has 31 heavy (non-hydrogen) atoms. The summed E-state index contributed by atoms with van der Waals surface area (Å²) >= 11 is 0. The molecule has 5 nitrogen and oxygen atoms in total. The van der Waals surface area contributed by atoms with Crippen LogP contribution in [0.25, 0.3) is 4.85 Å². The molecular weight excluding hydrogens is 386 g/mol. The second-order valence-electron chi connectivity index (χ2n) is 11.7. The molecule has 8 atom stereocenters. The van der Waals surface area contributed by atoms with Crippen LogP contribution in [0.5, 0.6) is 0 Å². The molecule has 0 bridgehead atoms. The molecule has 1 heterocycles. The summed E-state index contributed by atoms with van der Waals surface area (Å²) in [6, 6.07) is 0. The molecule has 4 aliphatic carbocycles. The maximum atomic E-state index is 13.4. The summed E-state index contributed by atoms with van der Waals surface area (Å²) in [6.07, 6.45) is 14.8. The van der Waals surface area contributed by atoms with Gasteiger partial charge in [0, 0.05) is 12.1 Å². The van der Waals surface area contributed by atoms with E-state index in [-0.39, 0.29) is 11.3 Å². The SMILES string of the molecule is [C-]#[N+]c1cnn(CC(=O)[C@H]2CCC[C@H]3[C@@H]4CC[C@@H]5C[C@](C)(O)CC[C@@H]5[C@H]4CC[C@]23C)c1. The van der Waals surface area contributed by atoms with Gasteiger partial charge in [-0.05, 0) is 99.7 Å². The van der Waals surface area contributed by atoms with Gasteiger partial charge in [-0.15, -0.1) is 0 Å². The normalized spacial score (nSPS) is 44.5. The number of rotatable bonds is 3. The lowest BCUT2D eigenvalue weighted by atomic mass is 9.44. The highest BCUT2D eigenvalue weighted by Gasteiger charge is 2.57. The van der Waals surface area contributed by atoms with Crippen LogP contribution in [0.1, 0.15) is 78.1 Å². The molecule has 0 saturated heterocycles. The fourth-order valence-corrected chi connectivity index (χ4v) is 8.57. The molecule has 5 heteroatoms. The van der Waals surface area contributed by atoms with Gasteiger partial charge in [0.2, 0.25) is 5.69 Å². The van der Waals surface area contributed by atoms with Crippen LogP contribution in [0.4, 0.5) is 5.69 Å². The number of fused-ring (bicyclic) bond motifs is 5. The first kappa shape index (κ1) is 21.2. The van der Waals surface area contributed by atoms with Crippen LogP contribution in [-0.4, -0.2) is 26.3 Å². The average molecular weight is 424 g/mol. The van der Waals surface area contributed by atoms with Gasteiger partial charge in [-0.1, -0.05) is 13.3 Å². The van der Waals surface area contributed by atoms with Gasteiger partial charge >= 0.3 is 0 Å². The van der Waals surface area contributed by atoms with Crippen LogP contribution >= 0.6 is 0 Å². The first-order chi connectivity index (χ1) is 14.8. The first-order valence-corrected chi connectivity index (χ1v) is 12.5. The van der Waals surface area contributed by atoms with Crippen LogP contribution in [-0.2, 0) is 11.3 Å². The van der Waals surface area contributed by atoms with Crippen molar-refractivity contribution < 1.29 is 9.90 Å². The van der Waals surface area contributed by atoms with E-state index in [1.807, 2.05) is 6.92 Å². The van der Waals surface area contributed by atoms with Crippen molar-refractivity contribution in [2.24, 2.45) is 40.9 Å². The standard InChI is InChI=1S/C26H37N3O2/c1-25(31)11-9-19-17(13-25)7-8-21-20(19)10-12-26(2)22(21)5-4-6-23(26)24(30)16-29-15-18(27-3)14-28-29/h14-15,17,19-23,31H,4-13,16H2,1-2H3/t17-,19+,20-,21-,22+,23-,25-,26+/m1/s1. The fraction of sp³-hybridized carbons (Fsp3) is 0.808. The fourth-order valence-electron chi connectivity index (χ4n) is 8.57. The Balaban J connectivity index is 1.33. The van der Waals surface area contributed by atoms with E-state index in [0.717, 1.165) is 43.4 Å². The Labute approximate surface area is 186 Å². The molecule has 4 aliphatic rings. The number of hydrogen-bond donors (Lipinski definition) is 1. The van der Waals surface area contributed by atoms with Gasteiger partial charge in [-0.2, -0.15) is 5.10 Å². The third kappa shape index (κ3) is 3.65. The minimum Gasteiger partial charge on any atom is -0.390 e. The Bertz CT molecular complexity index is 883. The molecule has 0 aliphatic heterocycles. The van der Waals surface area contributed by atoms with Gasteiger partial charge in [0.05, 0.1) is 24.9 Å². The predicted molar refractivity (Wildman–Crippen MR) is 119 cm³/mol. The number of ketones is 1. The minimum atomic E-state index is -0.459. The number of nitrogens with zero attached hydrogens (tertiary/aromatic N) is 3. The van der Waals surface area contributed by atoms with Gasteiger partial charge in [0.15, 0.2) is 5.78 Å². The summed E-state index contributed by atoms with van der Waals surface area (Å²) in [7, 11) is 0. The van der Waals surface area contributed by atoms with Crippen LogP contribution in [0.2, 0.25) is 0 Å². The van der Waals surface area contributed by atoms with E-state index in [0.29, 0.717) is 29.9 Å². The Hall–Kier alpha value is -1.67. The summed E-state index contributed by atoms with van der Waals surface area (Å²) in [5.41, 5.74) is 0.155. The number of aliphatic hydroxyl groups is 1. The predicted octanol–water partition coefficient (Wildman–Crippen LogP) is 5.41. The topological polar surface area (TPSA) is 59.5 Å². The highest BCUT2D eigenvalue weighted by atomic mass is 16.3. The van der Waals surface area contributed by atoms with Crippen LogP contribution in [0, 0.1) is 47.5 Å². The van der Waals surface area contributed by atoms with Crippen molar-refractivity contribution in [3.8, 4) is 0 Å². The van der Waals surface area contributed by atoms with Gasteiger partial charge in [0.25, 0.3) is 0 Å². The van der Waals surface area contributed by atoms with Gasteiger partial charge in [-0.25, -0.2) is 4.85 Å². The van der Waals surface area contributed by atoms with Crippen molar-refractivity contribution >= 4 is 11.5 Å². The lowest BCUT2D eigenvalue weighted by Gasteiger charge is -2.60. The summed E-state index contributed by atoms with van der Waals surface area (Å²) in [5, 5.41) is 14.8.